The lowest BCUT2D eigenvalue weighted by Gasteiger charge is -2.10. The van der Waals surface area contributed by atoms with Gasteiger partial charge < -0.3 is 10.6 Å². The molecule has 0 spiro atoms. The van der Waals surface area contributed by atoms with Gasteiger partial charge in [-0.15, -0.1) is 0 Å². The summed E-state index contributed by atoms with van der Waals surface area (Å²) < 4.78 is 1.07. The van der Waals surface area contributed by atoms with E-state index >= 15 is 0 Å². The molecule has 0 unspecified atom stereocenters. The molecule has 1 heterocycles. The molecule has 76 valence electrons. The van der Waals surface area contributed by atoms with E-state index in [-0.39, 0.29) is 18.0 Å². The number of nitrogens with two attached hydrogens (primary N) is 1. The maximum atomic E-state index is 11.2. The first kappa shape index (κ1) is 10.2. The summed E-state index contributed by atoms with van der Waals surface area (Å²) in [5.41, 5.74) is 5.27. The van der Waals surface area contributed by atoms with Gasteiger partial charge in [0, 0.05) is 20.2 Å². The minimum atomic E-state index is -0.375. The molecule has 0 aliphatic rings. The molecule has 0 saturated heterocycles. The molecule has 1 amide bonds. The highest BCUT2D eigenvalue weighted by molar-refractivity contribution is 5.75. The first-order valence-corrected chi connectivity index (χ1v) is 4.03. The molecule has 0 radical (unpaired) electrons. The standard InChI is InChI=1S/C8H12N4O2/c1-11(2)8(14)5-12-7(13)3-6(9)4-10-12/h3-4H,5,9H2,1-2H3. The number of nitrogens with zero attached hydrogens (tertiary/aromatic N) is 3. The predicted molar refractivity (Wildman–Crippen MR) is 51.6 cm³/mol. The lowest BCUT2D eigenvalue weighted by Crippen LogP contribution is -2.32. The number of carbonyl (C=O) groups excluding carboxylic acids is 1. The normalized spacial score (nSPS) is 9.86. The maximum absolute atomic E-state index is 11.2. The Bertz CT molecular complexity index is 397. The van der Waals surface area contributed by atoms with Gasteiger partial charge in [-0.3, -0.25) is 9.59 Å². The lowest BCUT2D eigenvalue weighted by atomic mass is 10.5. The summed E-state index contributed by atoms with van der Waals surface area (Å²) in [5.74, 6) is -0.190. The molecule has 6 heteroatoms. The molecule has 1 rings (SSSR count). The van der Waals surface area contributed by atoms with E-state index in [9.17, 15) is 9.59 Å². The largest absolute Gasteiger partial charge is 0.397 e. The number of hydrogen-bond acceptors (Lipinski definition) is 4. The number of likely N-dealkylation sites (N-methyl/N-ethyl adjacent to an activating group) is 1. The Morgan fingerprint density at radius 3 is 2.79 bits per heavy atom. The predicted octanol–water partition coefficient (Wildman–Crippen LogP) is -1.09. The van der Waals surface area contributed by atoms with Crippen LogP contribution in [-0.2, 0) is 11.3 Å². The molecule has 0 saturated carbocycles. The Balaban J connectivity index is 2.88. The lowest BCUT2D eigenvalue weighted by molar-refractivity contribution is -0.129. The molecule has 14 heavy (non-hydrogen) atoms. The van der Waals surface area contributed by atoms with E-state index in [0.29, 0.717) is 5.69 Å². The maximum Gasteiger partial charge on any atom is 0.269 e. The van der Waals surface area contributed by atoms with E-state index in [1.165, 1.54) is 17.2 Å². The monoisotopic (exact) mass is 196 g/mol. The van der Waals surface area contributed by atoms with Gasteiger partial charge in [0.25, 0.3) is 5.56 Å². The summed E-state index contributed by atoms with van der Waals surface area (Å²) in [5, 5.41) is 3.73. The second kappa shape index (κ2) is 3.91. The Hall–Kier alpha value is -1.85. The third-order valence-corrected chi connectivity index (χ3v) is 1.67. The Morgan fingerprint density at radius 2 is 2.29 bits per heavy atom. The molecule has 0 aromatic carbocycles. The zero-order valence-electron chi connectivity index (χ0n) is 8.10. The molecule has 0 aliphatic heterocycles. The van der Waals surface area contributed by atoms with Crippen LogP contribution in [0.1, 0.15) is 0 Å². The number of anilines is 1. The number of amides is 1. The van der Waals surface area contributed by atoms with Crippen LogP contribution < -0.4 is 11.3 Å². The van der Waals surface area contributed by atoms with Crippen molar-refractivity contribution in [3.63, 3.8) is 0 Å². The van der Waals surface area contributed by atoms with Gasteiger partial charge in [0.1, 0.15) is 6.54 Å². The van der Waals surface area contributed by atoms with Crippen LogP contribution >= 0.6 is 0 Å². The van der Waals surface area contributed by atoms with Crippen molar-refractivity contribution in [3.05, 3.63) is 22.6 Å². The van der Waals surface area contributed by atoms with E-state index < -0.39 is 0 Å². The van der Waals surface area contributed by atoms with Gasteiger partial charge in [0.2, 0.25) is 5.91 Å². The third-order valence-electron chi connectivity index (χ3n) is 1.67. The highest BCUT2D eigenvalue weighted by Gasteiger charge is 2.06. The fraction of sp³-hybridized carbons (Fsp3) is 0.375. The van der Waals surface area contributed by atoms with Crippen molar-refractivity contribution in [2.75, 3.05) is 19.8 Å². The van der Waals surface area contributed by atoms with E-state index in [2.05, 4.69) is 5.10 Å². The first-order valence-electron chi connectivity index (χ1n) is 4.03. The summed E-state index contributed by atoms with van der Waals surface area (Å²) in [6, 6.07) is 1.23. The Labute approximate surface area is 80.9 Å². The topological polar surface area (TPSA) is 81.2 Å². The van der Waals surface area contributed by atoms with Crippen molar-refractivity contribution in [3.8, 4) is 0 Å². The summed E-state index contributed by atoms with van der Waals surface area (Å²) in [6.45, 7) is -0.0634. The summed E-state index contributed by atoms with van der Waals surface area (Å²) >= 11 is 0. The average molecular weight is 196 g/mol. The summed E-state index contributed by atoms with van der Waals surface area (Å²) in [4.78, 5) is 23.9. The first-order chi connectivity index (χ1) is 6.50. The van der Waals surface area contributed by atoms with E-state index in [4.69, 9.17) is 5.73 Å². The second-order valence-corrected chi connectivity index (χ2v) is 3.07. The third kappa shape index (κ3) is 2.32. The van der Waals surface area contributed by atoms with Crippen molar-refractivity contribution < 1.29 is 4.79 Å². The van der Waals surface area contributed by atoms with Gasteiger partial charge in [-0.25, -0.2) is 4.68 Å². The fourth-order valence-corrected chi connectivity index (χ4v) is 0.836. The van der Waals surface area contributed by atoms with Crippen LogP contribution in [0.15, 0.2) is 17.1 Å². The fourth-order valence-electron chi connectivity index (χ4n) is 0.836. The smallest absolute Gasteiger partial charge is 0.269 e. The van der Waals surface area contributed by atoms with Gasteiger partial charge in [-0.05, 0) is 0 Å². The Morgan fingerprint density at radius 1 is 1.64 bits per heavy atom. The minimum Gasteiger partial charge on any atom is -0.397 e. The zero-order chi connectivity index (χ0) is 10.7. The highest BCUT2D eigenvalue weighted by atomic mass is 16.2. The van der Waals surface area contributed by atoms with Crippen LogP contribution in [0.4, 0.5) is 5.69 Å². The zero-order valence-corrected chi connectivity index (χ0v) is 8.10. The summed E-state index contributed by atoms with van der Waals surface area (Å²) in [7, 11) is 3.23. The van der Waals surface area contributed by atoms with Crippen molar-refractivity contribution >= 4 is 11.6 Å². The molecule has 0 fully saturated rings. The van der Waals surface area contributed by atoms with Gasteiger partial charge in [-0.2, -0.15) is 5.10 Å². The highest BCUT2D eigenvalue weighted by Crippen LogP contribution is 1.91. The van der Waals surface area contributed by atoms with Crippen molar-refractivity contribution in [1.82, 2.24) is 14.7 Å². The molecular formula is C8H12N4O2. The Kier molecular flexibility index (Phi) is 2.85. The van der Waals surface area contributed by atoms with Crippen LogP contribution in [0.25, 0.3) is 0 Å². The van der Waals surface area contributed by atoms with Crippen LogP contribution in [0.5, 0.6) is 0 Å². The van der Waals surface area contributed by atoms with Crippen LogP contribution in [0.3, 0.4) is 0 Å². The minimum absolute atomic E-state index is 0.0634. The second-order valence-electron chi connectivity index (χ2n) is 3.07. The van der Waals surface area contributed by atoms with Gasteiger partial charge in [0.15, 0.2) is 0 Å². The van der Waals surface area contributed by atoms with Crippen LogP contribution in [0, 0.1) is 0 Å². The van der Waals surface area contributed by atoms with Crippen molar-refractivity contribution in [1.29, 1.82) is 0 Å². The molecule has 0 aliphatic carbocycles. The number of rotatable bonds is 2. The summed E-state index contributed by atoms with van der Waals surface area (Å²) in [6.07, 6.45) is 1.34. The molecule has 1 aromatic rings. The molecule has 2 N–H and O–H groups in total. The quantitative estimate of drug-likeness (QED) is 0.652. The molecule has 0 atom stereocenters. The van der Waals surface area contributed by atoms with E-state index in [1.54, 1.807) is 14.1 Å². The van der Waals surface area contributed by atoms with E-state index in [1.807, 2.05) is 0 Å². The SMILES string of the molecule is CN(C)C(=O)Cn1ncc(N)cc1=O. The van der Waals surface area contributed by atoms with Gasteiger partial charge in [0.05, 0.1) is 11.9 Å². The van der Waals surface area contributed by atoms with Crippen LogP contribution in [0.2, 0.25) is 0 Å². The number of carbonyl (C=O) groups is 1. The molecule has 0 bridgehead atoms. The van der Waals surface area contributed by atoms with Crippen molar-refractivity contribution in [2.45, 2.75) is 6.54 Å². The number of aromatic nitrogens is 2. The average Bonchev–Trinajstić information content (AvgIpc) is 2.09. The van der Waals surface area contributed by atoms with Crippen molar-refractivity contribution in [2.24, 2.45) is 0 Å². The van der Waals surface area contributed by atoms with Gasteiger partial charge >= 0.3 is 0 Å². The van der Waals surface area contributed by atoms with Gasteiger partial charge in [-0.1, -0.05) is 0 Å². The molecular weight excluding hydrogens is 184 g/mol. The van der Waals surface area contributed by atoms with E-state index in [0.717, 1.165) is 4.68 Å². The number of nitrogen functional groups attached to an aromatic ring is 1. The van der Waals surface area contributed by atoms with Crippen LogP contribution in [-0.4, -0.2) is 34.7 Å². The molecule has 6 nitrogen and oxygen atoms in total. The molecule has 1 aromatic heterocycles. The number of hydrogen-bond donors (Lipinski definition) is 1.